The monoisotopic (exact) mass is 375 g/mol. The normalized spacial score (nSPS) is 11.9. The molecule has 0 aliphatic rings. The molecular formula is C19H22FN3O4. The van der Waals surface area contributed by atoms with Gasteiger partial charge in [0.15, 0.2) is 5.69 Å². The van der Waals surface area contributed by atoms with Crippen molar-refractivity contribution in [2.24, 2.45) is 5.92 Å². The maximum Gasteiger partial charge on any atom is 0.328 e. The third kappa shape index (κ3) is 4.78. The summed E-state index contributed by atoms with van der Waals surface area (Å²) in [6.07, 6.45) is 0.339. The summed E-state index contributed by atoms with van der Waals surface area (Å²) in [6.45, 7) is 5.35. The van der Waals surface area contributed by atoms with E-state index in [0.29, 0.717) is 12.1 Å². The summed E-state index contributed by atoms with van der Waals surface area (Å²) in [5, 5.41) is 6.51. The van der Waals surface area contributed by atoms with Crippen molar-refractivity contribution in [1.29, 1.82) is 0 Å². The number of benzene rings is 1. The first kappa shape index (κ1) is 20.3. The Morgan fingerprint density at radius 1 is 1.30 bits per heavy atom. The Morgan fingerprint density at radius 3 is 2.56 bits per heavy atom. The molecule has 1 atom stereocenters. The van der Waals surface area contributed by atoms with Crippen LogP contribution in [0.4, 0.5) is 4.39 Å². The van der Waals surface area contributed by atoms with E-state index in [0.717, 1.165) is 0 Å². The zero-order chi connectivity index (χ0) is 20.1. The molecule has 1 aromatic heterocycles. The lowest BCUT2D eigenvalue weighted by Gasteiger charge is -2.18. The van der Waals surface area contributed by atoms with Gasteiger partial charge in [-0.15, -0.1) is 0 Å². The number of amides is 1. The van der Waals surface area contributed by atoms with Crippen molar-refractivity contribution in [1.82, 2.24) is 15.1 Å². The van der Waals surface area contributed by atoms with Gasteiger partial charge >= 0.3 is 5.97 Å². The van der Waals surface area contributed by atoms with E-state index in [-0.39, 0.29) is 11.6 Å². The fourth-order valence-electron chi connectivity index (χ4n) is 2.63. The van der Waals surface area contributed by atoms with Gasteiger partial charge < -0.3 is 10.1 Å². The van der Waals surface area contributed by atoms with Gasteiger partial charge in [0.2, 0.25) is 5.43 Å². The number of halogens is 1. The van der Waals surface area contributed by atoms with Gasteiger partial charge in [-0.25, -0.2) is 13.9 Å². The van der Waals surface area contributed by atoms with Crippen LogP contribution in [0.15, 0.2) is 35.1 Å². The number of rotatable bonds is 6. The van der Waals surface area contributed by atoms with E-state index in [1.54, 1.807) is 13.0 Å². The Morgan fingerprint density at radius 2 is 1.96 bits per heavy atom. The number of nitrogens with one attached hydrogen (secondary N) is 1. The Bertz CT molecular complexity index is 908. The third-order valence-electron chi connectivity index (χ3n) is 3.90. The molecule has 0 aliphatic carbocycles. The molecule has 2 rings (SSSR count). The van der Waals surface area contributed by atoms with Gasteiger partial charge in [-0.05, 0) is 31.4 Å². The molecule has 0 aliphatic heterocycles. The predicted molar refractivity (Wildman–Crippen MR) is 97.3 cm³/mol. The van der Waals surface area contributed by atoms with Crippen molar-refractivity contribution in [3.05, 3.63) is 57.8 Å². The minimum absolute atomic E-state index is 0.107. The summed E-state index contributed by atoms with van der Waals surface area (Å²) >= 11 is 0. The molecule has 0 fully saturated rings. The first-order valence-electron chi connectivity index (χ1n) is 8.49. The SMILES string of the molecule is COC(=O)C(CC(C)C)NC(=O)c1nn(-c2ccccc2F)c(C)cc1=O. The topological polar surface area (TPSA) is 90.3 Å². The number of esters is 1. The largest absolute Gasteiger partial charge is 0.467 e. The second kappa shape index (κ2) is 8.57. The fraction of sp³-hybridized carbons (Fsp3) is 0.368. The molecule has 7 nitrogen and oxygen atoms in total. The highest BCUT2D eigenvalue weighted by atomic mass is 19.1. The van der Waals surface area contributed by atoms with E-state index in [9.17, 15) is 18.8 Å². The third-order valence-corrected chi connectivity index (χ3v) is 3.90. The number of methoxy groups -OCH3 is 1. The summed E-state index contributed by atoms with van der Waals surface area (Å²) in [4.78, 5) is 36.7. The highest BCUT2D eigenvalue weighted by Gasteiger charge is 2.25. The van der Waals surface area contributed by atoms with Crippen molar-refractivity contribution in [3.63, 3.8) is 0 Å². The van der Waals surface area contributed by atoms with E-state index in [1.807, 2.05) is 13.8 Å². The van der Waals surface area contributed by atoms with Gasteiger partial charge in [0.25, 0.3) is 5.91 Å². The van der Waals surface area contributed by atoms with Crippen molar-refractivity contribution in [2.45, 2.75) is 33.2 Å². The molecule has 27 heavy (non-hydrogen) atoms. The van der Waals surface area contributed by atoms with E-state index >= 15 is 0 Å². The van der Waals surface area contributed by atoms with Crippen LogP contribution < -0.4 is 10.7 Å². The fourth-order valence-corrected chi connectivity index (χ4v) is 2.63. The van der Waals surface area contributed by atoms with Crippen molar-refractivity contribution < 1.29 is 18.7 Å². The number of para-hydroxylation sites is 1. The second-order valence-electron chi connectivity index (χ2n) is 6.54. The quantitative estimate of drug-likeness (QED) is 0.780. The van der Waals surface area contributed by atoms with Crippen LogP contribution in [-0.2, 0) is 9.53 Å². The lowest BCUT2D eigenvalue weighted by Crippen LogP contribution is -2.44. The molecule has 8 heteroatoms. The summed E-state index contributed by atoms with van der Waals surface area (Å²) in [6, 6.07) is 6.17. The first-order chi connectivity index (χ1) is 12.7. The van der Waals surface area contributed by atoms with Crippen LogP contribution in [0.3, 0.4) is 0 Å². The van der Waals surface area contributed by atoms with E-state index in [2.05, 4.69) is 10.4 Å². The Balaban J connectivity index is 2.41. The summed E-state index contributed by atoms with van der Waals surface area (Å²) in [5.74, 6) is -1.87. The molecule has 1 aromatic carbocycles. The standard InChI is InChI=1S/C19H22FN3O4/c1-11(2)9-14(19(26)27-4)21-18(25)17-16(24)10-12(3)23(22-17)15-8-6-5-7-13(15)20/h5-8,10-11,14H,9H2,1-4H3,(H,21,25). The molecule has 0 radical (unpaired) electrons. The number of hydrogen-bond donors (Lipinski definition) is 1. The van der Waals surface area contributed by atoms with Crippen LogP contribution in [0.2, 0.25) is 0 Å². The molecule has 1 heterocycles. The number of aryl methyl sites for hydroxylation is 1. The molecule has 0 spiro atoms. The molecule has 0 bridgehead atoms. The molecule has 1 amide bonds. The minimum Gasteiger partial charge on any atom is -0.467 e. The molecule has 1 unspecified atom stereocenters. The average molecular weight is 375 g/mol. The Kier molecular flexibility index (Phi) is 6.44. The van der Waals surface area contributed by atoms with Gasteiger partial charge in [-0.3, -0.25) is 9.59 Å². The van der Waals surface area contributed by atoms with Gasteiger partial charge in [0.1, 0.15) is 17.5 Å². The van der Waals surface area contributed by atoms with E-state index in [4.69, 9.17) is 4.74 Å². The average Bonchev–Trinajstić information content (AvgIpc) is 2.61. The smallest absolute Gasteiger partial charge is 0.328 e. The number of nitrogens with zero attached hydrogens (tertiary/aromatic N) is 2. The van der Waals surface area contributed by atoms with Gasteiger partial charge in [-0.2, -0.15) is 5.10 Å². The summed E-state index contributed by atoms with van der Waals surface area (Å²) in [7, 11) is 1.22. The van der Waals surface area contributed by atoms with Gasteiger partial charge in [-0.1, -0.05) is 26.0 Å². The molecule has 0 saturated heterocycles. The molecule has 2 aromatic rings. The molecule has 1 N–H and O–H groups in total. The van der Waals surface area contributed by atoms with Crippen LogP contribution in [0.5, 0.6) is 0 Å². The lowest BCUT2D eigenvalue weighted by atomic mass is 10.0. The predicted octanol–water partition coefficient (Wildman–Crippen LogP) is 2.00. The minimum atomic E-state index is -0.910. The number of carbonyl (C=O) groups excluding carboxylic acids is 2. The Hall–Kier alpha value is -3.03. The number of ether oxygens (including phenoxy) is 1. The number of carbonyl (C=O) groups is 2. The highest BCUT2D eigenvalue weighted by molar-refractivity contribution is 5.95. The number of hydrogen-bond acceptors (Lipinski definition) is 5. The van der Waals surface area contributed by atoms with Crippen molar-refractivity contribution >= 4 is 11.9 Å². The molecular weight excluding hydrogens is 353 g/mol. The zero-order valence-electron chi connectivity index (χ0n) is 15.7. The van der Waals surface area contributed by atoms with Crippen LogP contribution in [-0.4, -0.2) is 34.8 Å². The summed E-state index contributed by atoms with van der Waals surface area (Å²) < 4.78 is 20.0. The van der Waals surface area contributed by atoms with Crippen LogP contribution in [0.25, 0.3) is 5.69 Å². The second-order valence-corrected chi connectivity index (χ2v) is 6.54. The van der Waals surface area contributed by atoms with Gasteiger partial charge in [0, 0.05) is 11.8 Å². The van der Waals surface area contributed by atoms with Crippen molar-refractivity contribution in [2.75, 3.05) is 7.11 Å². The Labute approximate surface area is 156 Å². The van der Waals surface area contributed by atoms with E-state index < -0.39 is 34.9 Å². The van der Waals surface area contributed by atoms with Gasteiger partial charge in [0.05, 0.1) is 7.11 Å². The van der Waals surface area contributed by atoms with Crippen LogP contribution in [0, 0.1) is 18.7 Å². The maximum atomic E-state index is 14.1. The molecule has 144 valence electrons. The summed E-state index contributed by atoms with van der Waals surface area (Å²) in [5.41, 5.74) is -0.573. The first-order valence-corrected chi connectivity index (χ1v) is 8.49. The zero-order valence-corrected chi connectivity index (χ0v) is 15.7. The lowest BCUT2D eigenvalue weighted by molar-refractivity contribution is -0.143. The van der Waals surface area contributed by atoms with E-state index in [1.165, 1.54) is 36.1 Å². The maximum absolute atomic E-state index is 14.1. The van der Waals surface area contributed by atoms with Crippen LogP contribution >= 0.6 is 0 Å². The molecule has 0 saturated carbocycles. The number of aromatic nitrogens is 2. The highest BCUT2D eigenvalue weighted by Crippen LogP contribution is 2.13. The van der Waals surface area contributed by atoms with Crippen molar-refractivity contribution in [3.8, 4) is 5.69 Å². The van der Waals surface area contributed by atoms with Crippen LogP contribution in [0.1, 0.15) is 36.5 Å².